The van der Waals surface area contributed by atoms with Crippen molar-refractivity contribution in [3.63, 3.8) is 0 Å². The first-order valence-electron chi connectivity index (χ1n) is 5.60. The van der Waals surface area contributed by atoms with Crippen LogP contribution in [0.1, 0.15) is 33.6 Å². The van der Waals surface area contributed by atoms with Gasteiger partial charge in [0.2, 0.25) is 0 Å². The number of piperidine rings is 1. The van der Waals surface area contributed by atoms with Crippen molar-refractivity contribution in [1.82, 2.24) is 10.2 Å². The molecule has 0 aliphatic carbocycles. The number of carbonyl (C=O) groups is 1. The van der Waals surface area contributed by atoms with Crippen molar-refractivity contribution < 1.29 is 9.90 Å². The number of nitrogens with one attached hydrogen (secondary N) is 1. The van der Waals surface area contributed by atoms with Gasteiger partial charge in [-0.25, -0.2) is 4.79 Å². The largest absolute Gasteiger partial charge is 0.465 e. The van der Waals surface area contributed by atoms with Gasteiger partial charge >= 0.3 is 6.09 Å². The lowest BCUT2D eigenvalue weighted by Gasteiger charge is -2.32. The molecule has 1 aliphatic rings. The van der Waals surface area contributed by atoms with Crippen LogP contribution in [0, 0.1) is 5.41 Å². The molecule has 0 spiro atoms. The van der Waals surface area contributed by atoms with Crippen LogP contribution in [-0.2, 0) is 0 Å². The van der Waals surface area contributed by atoms with E-state index in [0.29, 0.717) is 24.5 Å². The third-order valence-corrected chi connectivity index (χ3v) is 2.69. The zero-order chi connectivity index (χ0) is 11.5. The molecule has 1 rings (SSSR count). The molecule has 0 aromatic rings. The van der Waals surface area contributed by atoms with Gasteiger partial charge in [0.05, 0.1) is 0 Å². The van der Waals surface area contributed by atoms with Gasteiger partial charge in [-0.15, -0.1) is 0 Å². The fraction of sp³-hybridized carbons (Fsp3) is 0.909. The van der Waals surface area contributed by atoms with E-state index >= 15 is 0 Å². The molecular weight excluding hydrogens is 192 g/mol. The highest BCUT2D eigenvalue weighted by atomic mass is 16.4. The van der Waals surface area contributed by atoms with E-state index in [0.717, 1.165) is 19.4 Å². The summed E-state index contributed by atoms with van der Waals surface area (Å²) in [7, 11) is 0. The minimum absolute atomic E-state index is 0.296. The van der Waals surface area contributed by atoms with Gasteiger partial charge in [-0.2, -0.15) is 0 Å². The SMILES string of the molecule is CC(C)(C)CNC1CCN(C(=O)O)CC1. The van der Waals surface area contributed by atoms with E-state index in [9.17, 15) is 4.79 Å². The predicted molar refractivity (Wildman–Crippen MR) is 60.1 cm³/mol. The standard InChI is InChI=1S/C11H22N2O2/c1-11(2,3)8-12-9-4-6-13(7-5-9)10(14)15/h9,12H,4-8H2,1-3H3,(H,14,15). The maximum absolute atomic E-state index is 10.7. The summed E-state index contributed by atoms with van der Waals surface area (Å²) in [6.45, 7) is 8.92. The first-order chi connectivity index (χ1) is 6.88. The number of nitrogens with zero attached hydrogens (tertiary/aromatic N) is 1. The average Bonchev–Trinajstić information content (AvgIpc) is 2.14. The van der Waals surface area contributed by atoms with Gasteiger partial charge in [-0.3, -0.25) is 0 Å². The topological polar surface area (TPSA) is 52.6 Å². The molecule has 0 aromatic heterocycles. The third-order valence-electron chi connectivity index (χ3n) is 2.69. The second-order valence-corrected chi connectivity index (χ2v) is 5.49. The molecular formula is C11H22N2O2. The molecule has 15 heavy (non-hydrogen) atoms. The Labute approximate surface area is 91.6 Å². The normalized spacial score (nSPS) is 19.3. The molecule has 0 bridgehead atoms. The van der Waals surface area contributed by atoms with Crippen LogP contribution in [0.4, 0.5) is 4.79 Å². The Hall–Kier alpha value is -0.770. The summed E-state index contributed by atoms with van der Waals surface area (Å²) in [6, 6.07) is 0.486. The molecule has 0 radical (unpaired) electrons. The molecule has 88 valence electrons. The maximum Gasteiger partial charge on any atom is 0.407 e. The van der Waals surface area contributed by atoms with Crippen LogP contribution in [0.25, 0.3) is 0 Å². The number of amides is 1. The summed E-state index contributed by atoms with van der Waals surface area (Å²) in [6.07, 6.45) is 1.08. The van der Waals surface area contributed by atoms with Crippen LogP contribution in [0.3, 0.4) is 0 Å². The van der Waals surface area contributed by atoms with E-state index in [1.165, 1.54) is 4.90 Å². The summed E-state index contributed by atoms with van der Waals surface area (Å²) in [5.41, 5.74) is 0.296. The van der Waals surface area contributed by atoms with Crippen molar-refractivity contribution in [1.29, 1.82) is 0 Å². The number of hydrogen-bond donors (Lipinski definition) is 2. The minimum atomic E-state index is -0.788. The molecule has 0 atom stereocenters. The summed E-state index contributed by atoms with van der Waals surface area (Å²) < 4.78 is 0. The Morgan fingerprint density at radius 2 is 1.93 bits per heavy atom. The van der Waals surface area contributed by atoms with Gasteiger partial charge < -0.3 is 15.3 Å². The Morgan fingerprint density at radius 3 is 2.33 bits per heavy atom. The van der Waals surface area contributed by atoms with Crippen molar-refractivity contribution in [2.45, 2.75) is 39.7 Å². The fourth-order valence-corrected chi connectivity index (χ4v) is 1.73. The molecule has 1 heterocycles. The Kier molecular flexibility index (Phi) is 3.97. The van der Waals surface area contributed by atoms with Crippen LogP contribution < -0.4 is 5.32 Å². The van der Waals surface area contributed by atoms with E-state index < -0.39 is 6.09 Å². The predicted octanol–water partition coefficient (Wildman–Crippen LogP) is 1.76. The number of hydrogen-bond acceptors (Lipinski definition) is 2. The van der Waals surface area contributed by atoms with Gasteiger partial charge in [0, 0.05) is 25.7 Å². The highest BCUT2D eigenvalue weighted by Gasteiger charge is 2.22. The molecule has 1 saturated heterocycles. The third kappa shape index (κ3) is 4.51. The Bertz CT molecular complexity index is 215. The Morgan fingerprint density at radius 1 is 1.40 bits per heavy atom. The van der Waals surface area contributed by atoms with Crippen molar-refractivity contribution in [2.24, 2.45) is 5.41 Å². The van der Waals surface area contributed by atoms with Gasteiger partial charge in [0.25, 0.3) is 0 Å². The van der Waals surface area contributed by atoms with Gasteiger partial charge in [-0.05, 0) is 18.3 Å². The molecule has 0 unspecified atom stereocenters. The van der Waals surface area contributed by atoms with Gasteiger partial charge in [-0.1, -0.05) is 20.8 Å². The molecule has 2 N–H and O–H groups in total. The van der Waals surface area contributed by atoms with Gasteiger partial charge in [0.15, 0.2) is 0 Å². The van der Waals surface area contributed by atoms with Crippen molar-refractivity contribution in [2.75, 3.05) is 19.6 Å². The molecule has 1 fully saturated rings. The number of rotatable bonds is 2. The average molecular weight is 214 g/mol. The van der Waals surface area contributed by atoms with Crippen molar-refractivity contribution >= 4 is 6.09 Å². The molecule has 1 amide bonds. The molecule has 4 nitrogen and oxygen atoms in total. The van der Waals surface area contributed by atoms with E-state index in [4.69, 9.17) is 5.11 Å². The summed E-state index contributed by atoms with van der Waals surface area (Å²) in [5.74, 6) is 0. The fourth-order valence-electron chi connectivity index (χ4n) is 1.73. The van der Waals surface area contributed by atoms with Crippen LogP contribution in [0.2, 0.25) is 0 Å². The highest BCUT2D eigenvalue weighted by Crippen LogP contribution is 2.14. The van der Waals surface area contributed by atoms with Crippen LogP contribution >= 0.6 is 0 Å². The summed E-state index contributed by atoms with van der Waals surface area (Å²) >= 11 is 0. The maximum atomic E-state index is 10.7. The molecule has 0 aromatic carbocycles. The molecule has 1 aliphatic heterocycles. The lowest BCUT2D eigenvalue weighted by molar-refractivity contribution is 0.127. The van der Waals surface area contributed by atoms with E-state index in [-0.39, 0.29) is 0 Å². The van der Waals surface area contributed by atoms with Crippen molar-refractivity contribution in [3.8, 4) is 0 Å². The van der Waals surface area contributed by atoms with Crippen LogP contribution in [0.15, 0.2) is 0 Å². The molecule has 0 saturated carbocycles. The zero-order valence-corrected chi connectivity index (χ0v) is 9.92. The second kappa shape index (κ2) is 4.84. The minimum Gasteiger partial charge on any atom is -0.465 e. The van der Waals surface area contributed by atoms with Crippen LogP contribution in [0.5, 0.6) is 0 Å². The van der Waals surface area contributed by atoms with E-state index in [1.807, 2.05) is 0 Å². The monoisotopic (exact) mass is 214 g/mol. The van der Waals surface area contributed by atoms with Crippen LogP contribution in [-0.4, -0.2) is 41.8 Å². The van der Waals surface area contributed by atoms with Gasteiger partial charge in [0.1, 0.15) is 0 Å². The Balaban J connectivity index is 2.23. The summed E-state index contributed by atoms with van der Waals surface area (Å²) in [5, 5.41) is 12.3. The first kappa shape index (κ1) is 12.3. The lowest BCUT2D eigenvalue weighted by atomic mass is 9.95. The first-order valence-corrected chi connectivity index (χ1v) is 5.60. The molecule has 4 heteroatoms. The lowest BCUT2D eigenvalue weighted by Crippen LogP contribution is -2.46. The zero-order valence-electron chi connectivity index (χ0n) is 9.92. The number of carboxylic acid groups (broad SMARTS) is 1. The second-order valence-electron chi connectivity index (χ2n) is 5.49. The van der Waals surface area contributed by atoms with E-state index in [2.05, 4.69) is 26.1 Å². The highest BCUT2D eigenvalue weighted by molar-refractivity contribution is 5.65. The number of likely N-dealkylation sites (tertiary alicyclic amines) is 1. The summed E-state index contributed by atoms with van der Waals surface area (Å²) in [4.78, 5) is 12.2. The quantitative estimate of drug-likeness (QED) is 0.736. The van der Waals surface area contributed by atoms with Crippen molar-refractivity contribution in [3.05, 3.63) is 0 Å². The van der Waals surface area contributed by atoms with E-state index in [1.54, 1.807) is 0 Å². The smallest absolute Gasteiger partial charge is 0.407 e.